The molecule has 0 nitrogen and oxygen atoms in total. The number of rotatable bonds is 4. The molecular weight excluding hydrogens is 408 g/mol. The highest BCUT2D eigenvalue weighted by Gasteiger charge is 2.15. The molecule has 5 aromatic rings. The van der Waals surface area contributed by atoms with E-state index in [1.807, 2.05) is 0 Å². The molecule has 0 radical (unpaired) electrons. The molecule has 0 aliphatic rings. The lowest BCUT2D eigenvalue weighted by atomic mass is 9.87. The van der Waals surface area contributed by atoms with Gasteiger partial charge >= 0.3 is 0 Å². The van der Waals surface area contributed by atoms with Gasteiger partial charge in [0.05, 0.1) is 0 Å². The van der Waals surface area contributed by atoms with Crippen LogP contribution in [0.2, 0.25) is 0 Å². The van der Waals surface area contributed by atoms with E-state index in [1.165, 1.54) is 55.9 Å². The van der Waals surface area contributed by atoms with Crippen LogP contribution in [0.4, 0.5) is 0 Å². The lowest BCUT2D eigenvalue weighted by Crippen LogP contribution is -1.92. The van der Waals surface area contributed by atoms with Crippen LogP contribution < -0.4 is 0 Å². The van der Waals surface area contributed by atoms with Gasteiger partial charge in [-0.15, -0.1) is 0 Å². The van der Waals surface area contributed by atoms with Crippen molar-refractivity contribution < 1.29 is 0 Å². The molecule has 5 aromatic carbocycles. The third-order valence-corrected chi connectivity index (χ3v) is 7.01. The van der Waals surface area contributed by atoms with Gasteiger partial charge in [-0.25, -0.2) is 0 Å². The fourth-order valence-corrected chi connectivity index (χ4v) is 5.34. The van der Waals surface area contributed by atoms with Crippen LogP contribution in [0.15, 0.2) is 60.7 Å². The Morgan fingerprint density at radius 2 is 0.912 bits per heavy atom. The van der Waals surface area contributed by atoms with Crippen LogP contribution >= 0.6 is 0 Å². The molecular formula is C34H32. The average Bonchev–Trinajstić information content (AvgIpc) is 2.85. The van der Waals surface area contributed by atoms with Crippen molar-refractivity contribution in [1.29, 1.82) is 0 Å². The Kier molecular flexibility index (Phi) is 6.18. The van der Waals surface area contributed by atoms with Crippen molar-refractivity contribution in [2.45, 2.75) is 53.4 Å². The van der Waals surface area contributed by atoms with Gasteiger partial charge in [0, 0.05) is 23.0 Å². The first-order chi connectivity index (χ1) is 16.6. The highest BCUT2D eigenvalue weighted by Crippen LogP contribution is 2.41. The van der Waals surface area contributed by atoms with Crippen LogP contribution in [0.3, 0.4) is 0 Å². The summed E-state index contributed by atoms with van der Waals surface area (Å²) in [5.41, 5.74) is 2.26. The highest BCUT2D eigenvalue weighted by molar-refractivity contribution is 6.33. The molecule has 168 valence electrons. The molecule has 0 amide bonds. The summed E-state index contributed by atoms with van der Waals surface area (Å²) in [7, 11) is 0. The molecule has 0 aliphatic carbocycles. The van der Waals surface area contributed by atoms with Crippen molar-refractivity contribution in [3.63, 3.8) is 0 Å². The van der Waals surface area contributed by atoms with Crippen molar-refractivity contribution in [1.82, 2.24) is 0 Å². The fraction of sp³-hybridized carbons (Fsp3) is 0.294. The summed E-state index contributed by atoms with van der Waals surface area (Å²) < 4.78 is 0. The van der Waals surface area contributed by atoms with E-state index in [0.717, 1.165) is 24.0 Å². The molecule has 0 N–H and O–H groups in total. The van der Waals surface area contributed by atoms with Crippen molar-refractivity contribution in [3.05, 3.63) is 71.8 Å². The molecule has 0 heteroatoms. The smallest absolute Gasteiger partial charge is 0.0324 e. The van der Waals surface area contributed by atoms with E-state index < -0.39 is 0 Å². The Morgan fingerprint density at radius 3 is 1.32 bits per heavy atom. The minimum atomic E-state index is 0.421. The Hall–Kier alpha value is -3.48. The van der Waals surface area contributed by atoms with Gasteiger partial charge in [-0.2, -0.15) is 0 Å². The van der Waals surface area contributed by atoms with E-state index in [9.17, 15) is 0 Å². The molecule has 2 atom stereocenters. The van der Waals surface area contributed by atoms with Gasteiger partial charge in [0.2, 0.25) is 0 Å². The maximum Gasteiger partial charge on any atom is 0.0324 e. The van der Waals surface area contributed by atoms with E-state index >= 15 is 0 Å². The van der Waals surface area contributed by atoms with E-state index in [1.54, 1.807) is 0 Å². The quantitative estimate of drug-likeness (QED) is 0.148. The zero-order chi connectivity index (χ0) is 23.7. The summed E-state index contributed by atoms with van der Waals surface area (Å²) in [6.45, 7) is 8.90. The second-order valence-electron chi connectivity index (χ2n) is 9.70. The summed E-state index contributed by atoms with van der Waals surface area (Å²) in [5.74, 6) is 14.8. The van der Waals surface area contributed by atoms with Gasteiger partial charge in [0.1, 0.15) is 0 Å². The van der Waals surface area contributed by atoms with Gasteiger partial charge in [0.15, 0.2) is 0 Å². The summed E-state index contributed by atoms with van der Waals surface area (Å²) in [6.07, 6.45) is 4.63. The van der Waals surface area contributed by atoms with Gasteiger partial charge in [-0.3, -0.25) is 0 Å². The number of benzene rings is 5. The predicted octanol–water partition coefficient (Wildman–Crippen LogP) is 9.31. The molecule has 0 aliphatic heterocycles. The van der Waals surface area contributed by atoms with Crippen LogP contribution in [-0.2, 0) is 0 Å². The summed E-state index contributed by atoms with van der Waals surface area (Å²) in [4.78, 5) is 0. The molecule has 0 saturated carbocycles. The first-order valence-electron chi connectivity index (χ1n) is 12.8. The first kappa shape index (κ1) is 22.3. The van der Waals surface area contributed by atoms with E-state index in [2.05, 4.69) is 112 Å². The topological polar surface area (TPSA) is 0 Å². The van der Waals surface area contributed by atoms with Gasteiger partial charge in [0.25, 0.3) is 0 Å². The largest absolute Gasteiger partial charge is 0.0948 e. The van der Waals surface area contributed by atoms with Crippen molar-refractivity contribution >= 4 is 43.1 Å². The zero-order valence-electron chi connectivity index (χ0n) is 20.8. The van der Waals surface area contributed by atoms with E-state index in [0.29, 0.717) is 11.8 Å². The van der Waals surface area contributed by atoms with Gasteiger partial charge in [-0.1, -0.05) is 113 Å². The number of hydrogen-bond acceptors (Lipinski definition) is 0. The highest BCUT2D eigenvalue weighted by atomic mass is 14.2. The lowest BCUT2D eigenvalue weighted by molar-refractivity contribution is 0.653. The minimum Gasteiger partial charge on any atom is -0.0948 e. The van der Waals surface area contributed by atoms with Crippen LogP contribution in [0.5, 0.6) is 0 Å². The van der Waals surface area contributed by atoms with Crippen LogP contribution in [0.25, 0.3) is 43.1 Å². The molecule has 0 saturated heterocycles. The second kappa shape index (κ2) is 9.41. The molecule has 5 rings (SSSR count). The monoisotopic (exact) mass is 440 g/mol. The van der Waals surface area contributed by atoms with E-state index in [-0.39, 0.29) is 0 Å². The zero-order valence-corrected chi connectivity index (χ0v) is 20.8. The van der Waals surface area contributed by atoms with Crippen molar-refractivity contribution in [2.75, 3.05) is 0 Å². The maximum atomic E-state index is 3.50. The first-order valence-corrected chi connectivity index (χ1v) is 12.8. The summed E-state index contributed by atoms with van der Waals surface area (Å²) in [5, 5.41) is 10.4. The molecule has 34 heavy (non-hydrogen) atoms. The Bertz CT molecular complexity index is 1470. The normalized spacial score (nSPS) is 13.1. The van der Waals surface area contributed by atoms with Crippen molar-refractivity contribution in [3.8, 4) is 23.7 Å². The molecule has 0 bridgehead atoms. The van der Waals surface area contributed by atoms with Crippen LogP contribution in [0.1, 0.15) is 64.5 Å². The third-order valence-electron chi connectivity index (χ3n) is 7.01. The predicted molar refractivity (Wildman–Crippen MR) is 150 cm³/mol. The number of fused-ring (bicyclic) bond motifs is 2. The van der Waals surface area contributed by atoms with Crippen LogP contribution in [0, 0.1) is 35.5 Å². The minimum absolute atomic E-state index is 0.421. The Balaban J connectivity index is 1.78. The standard InChI is InChI=1S/C34H32/c1-5-9-23(3)15-17-25-19-21-31-32-22-20-26(18-16-24(4)10-6-2)28-12-8-14-30(34(28)32)29-13-7-11-27(25)33(29)31/h7-8,11-14,19-24H,5-6,9-10H2,1-4H3. The van der Waals surface area contributed by atoms with Crippen LogP contribution in [-0.4, -0.2) is 0 Å². The summed E-state index contributed by atoms with van der Waals surface area (Å²) >= 11 is 0. The fourth-order valence-electron chi connectivity index (χ4n) is 5.34. The average molecular weight is 441 g/mol. The molecule has 0 spiro atoms. The number of hydrogen-bond donors (Lipinski definition) is 0. The SMILES string of the molecule is CCCC(C)C#Cc1ccc2c3ccc(C#CC(C)CCC)c4cccc(c5cccc1c52)c43. The molecule has 0 heterocycles. The molecule has 0 aromatic heterocycles. The Morgan fingerprint density at radius 1 is 0.529 bits per heavy atom. The van der Waals surface area contributed by atoms with Crippen molar-refractivity contribution in [2.24, 2.45) is 11.8 Å². The summed E-state index contributed by atoms with van der Waals surface area (Å²) in [6, 6.07) is 22.3. The van der Waals surface area contributed by atoms with Gasteiger partial charge < -0.3 is 0 Å². The van der Waals surface area contributed by atoms with E-state index in [4.69, 9.17) is 0 Å². The Labute approximate surface area is 203 Å². The molecule has 2 unspecified atom stereocenters. The third kappa shape index (κ3) is 3.89. The van der Waals surface area contributed by atoms with Gasteiger partial charge in [-0.05, 0) is 68.1 Å². The maximum absolute atomic E-state index is 3.50. The second-order valence-corrected chi connectivity index (χ2v) is 9.70. The molecule has 0 fully saturated rings. The lowest BCUT2D eigenvalue weighted by Gasteiger charge is -2.16.